The van der Waals surface area contributed by atoms with E-state index in [1.54, 1.807) is 6.92 Å². The van der Waals surface area contributed by atoms with E-state index in [0.717, 1.165) is 18.4 Å². The Hall–Kier alpha value is -1.52. The van der Waals surface area contributed by atoms with Crippen molar-refractivity contribution in [1.82, 2.24) is 0 Å². The highest BCUT2D eigenvalue weighted by Crippen LogP contribution is 2.45. The molecule has 146 valence electrons. The van der Waals surface area contributed by atoms with Crippen molar-refractivity contribution >= 4 is 20.3 Å². The van der Waals surface area contributed by atoms with Crippen LogP contribution in [0.25, 0.3) is 0 Å². The lowest BCUT2D eigenvalue weighted by molar-refractivity contribution is -0.147. The van der Waals surface area contributed by atoms with E-state index in [0.29, 0.717) is 5.92 Å². The zero-order chi connectivity index (χ0) is 20.1. The topological polar surface area (TPSA) is 118 Å². The molecule has 1 aliphatic rings. The number of amides is 1. The number of primary amides is 1. The van der Waals surface area contributed by atoms with Crippen LogP contribution >= 0.6 is 8.46 Å². The van der Waals surface area contributed by atoms with Crippen molar-refractivity contribution in [2.75, 3.05) is 0 Å². The van der Waals surface area contributed by atoms with Crippen molar-refractivity contribution < 1.29 is 24.4 Å². The van der Waals surface area contributed by atoms with Crippen LogP contribution in [-0.4, -0.2) is 27.4 Å². The smallest absolute Gasteiger partial charge is 0.310 e. The van der Waals surface area contributed by atoms with Gasteiger partial charge in [0.2, 0.25) is 5.91 Å². The highest BCUT2D eigenvalue weighted by atomic mass is 31.1. The van der Waals surface area contributed by atoms with Gasteiger partial charge in [-0.15, -0.1) is 0 Å². The molecule has 1 aliphatic carbocycles. The third-order valence-electron chi connectivity index (χ3n) is 5.73. The molecule has 0 aromatic carbocycles. The fraction of sp³-hybridized carbons (Fsp3) is 0.684. The molecular weight excluding hydrogens is 353 g/mol. The molecule has 1 rings (SSSR count). The summed E-state index contributed by atoms with van der Waals surface area (Å²) in [5, 5.41) is 18.1. The molecule has 0 fully saturated rings. The summed E-state index contributed by atoms with van der Waals surface area (Å²) in [7, 11) is -0.671. The predicted molar refractivity (Wildman–Crippen MR) is 101 cm³/mol. The SMILES string of the molecule is CC1=CCC(C/C=C(\C)CC(O)(P=O)C(CCC(N)=O)C(=O)O)C1(C)C. The van der Waals surface area contributed by atoms with Crippen LogP contribution in [0.1, 0.15) is 59.8 Å². The Labute approximate surface area is 156 Å². The van der Waals surface area contributed by atoms with E-state index in [2.05, 4.69) is 26.8 Å². The summed E-state index contributed by atoms with van der Waals surface area (Å²) in [4.78, 5) is 22.5. The number of carboxylic acid groups (broad SMARTS) is 1. The Kier molecular flexibility index (Phi) is 7.72. The first kappa shape index (κ1) is 22.5. The van der Waals surface area contributed by atoms with Gasteiger partial charge in [-0.25, -0.2) is 0 Å². The number of carboxylic acids is 1. The maximum absolute atomic E-state index is 11.6. The largest absolute Gasteiger partial charge is 0.481 e. The molecule has 4 N–H and O–H groups in total. The fourth-order valence-electron chi connectivity index (χ4n) is 3.47. The van der Waals surface area contributed by atoms with Gasteiger partial charge in [-0.1, -0.05) is 37.1 Å². The Balaban J connectivity index is 2.84. The number of nitrogens with two attached hydrogens (primary N) is 1. The Morgan fingerprint density at radius 3 is 2.54 bits per heavy atom. The maximum atomic E-state index is 11.6. The average molecular weight is 383 g/mol. The third-order valence-corrected chi connectivity index (χ3v) is 6.51. The van der Waals surface area contributed by atoms with Gasteiger partial charge in [0, 0.05) is 12.8 Å². The van der Waals surface area contributed by atoms with E-state index in [-0.39, 0.29) is 24.7 Å². The van der Waals surface area contributed by atoms with Gasteiger partial charge < -0.3 is 15.9 Å². The van der Waals surface area contributed by atoms with Gasteiger partial charge in [-0.05, 0) is 44.4 Å². The predicted octanol–water partition coefficient (Wildman–Crippen LogP) is 3.65. The van der Waals surface area contributed by atoms with E-state index in [1.165, 1.54) is 5.57 Å². The molecule has 1 amide bonds. The van der Waals surface area contributed by atoms with E-state index < -0.39 is 31.6 Å². The highest BCUT2D eigenvalue weighted by molar-refractivity contribution is 7.25. The molecule has 0 heterocycles. The molecule has 7 heteroatoms. The van der Waals surface area contributed by atoms with Gasteiger partial charge >= 0.3 is 5.97 Å². The summed E-state index contributed by atoms with van der Waals surface area (Å²) in [6.45, 7) is 8.33. The zero-order valence-corrected chi connectivity index (χ0v) is 16.9. The van der Waals surface area contributed by atoms with E-state index in [9.17, 15) is 24.4 Å². The number of carbonyl (C=O) groups excluding carboxylic acids is 1. The monoisotopic (exact) mass is 383 g/mol. The van der Waals surface area contributed by atoms with E-state index in [4.69, 9.17) is 5.73 Å². The lowest BCUT2D eigenvalue weighted by Gasteiger charge is -2.30. The number of hydrogen-bond donors (Lipinski definition) is 3. The van der Waals surface area contributed by atoms with Crippen LogP contribution < -0.4 is 5.73 Å². The Morgan fingerprint density at radius 1 is 1.50 bits per heavy atom. The number of rotatable bonds is 10. The Bertz CT molecular complexity index is 625. The van der Waals surface area contributed by atoms with Gasteiger partial charge in [0.15, 0.2) is 13.8 Å². The van der Waals surface area contributed by atoms with Crippen molar-refractivity contribution in [3.05, 3.63) is 23.3 Å². The van der Waals surface area contributed by atoms with Crippen LogP contribution in [0, 0.1) is 17.3 Å². The maximum Gasteiger partial charge on any atom is 0.310 e. The van der Waals surface area contributed by atoms with Crippen molar-refractivity contribution in [1.29, 1.82) is 0 Å². The number of allylic oxidation sites excluding steroid dienone is 3. The molecular formula is C19H30NO5P. The summed E-state index contributed by atoms with van der Waals surface area (Å²) >= 11 is 0. The van der Waals surface area contributed by atoms with Crippen molar-refractivity contribution in [2.45, 2.75) is 65.1 Å². The quantitative estimate of drug-likeness (QED) is 0.393. The summed E-state index contributed by atoms with van der Waals surface area (Å²) in [6, 6.07) is 0. The molecule has 0 aromatic rings. The van der Waals surface area contributed by atoms with Crippen molar-refractivity contribution in [2.24, 2.45) is 23.0 Å². The minimum absolute atomic E-state index is 0.0344. The van der Waals surface area contributed by atoms with Gasteiger partial charge in [0.05, 0.1) is 5.92 Å². The Morgan fingerprint density at radius 2 is 2.12 bits per heavy atom. The van der Waals surface area contributed by atoms with Crippen LogP contribution in [0.2, 0.25) is 0 Å². The standard InChI is InChI=1S/C19H30NO5P/c1-12(5-7-14-8-6-13(2)18(14,3)4)11-19(24,26-25)15(17(22)23)9-10-16(20)21/h5-6,14-15,24H,7-11H2,1-4H3,(H2,20,21)(H,22,23)/b12-5+. The van der Waals surface area contributed by atoms with Gasteiger partial charge in [0.25, 0.3) is 0 Å². The van der Waals surface area contributed by atoms with Crippen LogP contribution in [0.4, 0.5) is 0 Å². The second-order valence-corrected chi connectivity index (χ2v) is 8.83. The number of hydrogen-bond acceptors (Lipinski definition) is 4. The second kappa shape index (κ2) is 8.92. The number of carbonyl (C=O) groups is 2. The first-order valence-corrected chi connectivity index (χ1v) is 9.66. The van der Waals surface area contributed by atoms with E-state index >= 15 is 0 Å². The zero-order valence-electron chi connectivity index (χ0n) is 16.0. The molecule has 6 nitrogen and oxygen atoms in total. The third kappa shape index (κ3) is 5.49. The highest BCUT2D eigenvalue weighted by Gasteiger charge is 2.43. The van der Waals surface area contributed by atoms with Gasteiger partial charge in [0.1, 0.15) is 0 Å². The fourth-order valence-corrected chi connectivity index (χ4v) is 4.15. The molecule has 0 saturated carbocycles. The van der Waals surface area contributed by atoms with Gasteiger partial charge in [-0.2, -0.15) is 0 Å². The van der Waals surface area contributed by atoms with E-state index in [1.807, 2.05) is 6.08 Å². The van der Waals surface area contributed by atoms with Crippen molar-refractivity contribution in [3.63, 3.8) is 0 Å². The normalized spacial score (nSPS) is 23.3. The van der Waals surface area contributed by atoms with Crippen LogP contribution in [-0.2, 0) is 14.2 Å². The first-order chi connectivity index (χ1) is 11.9. The molecule has 0 aromatic heterocycles. The van der Waals surface area contributed by atoms with Crippen LogP contribution in [0.5, 0.6) is 0 Å². The first-order valence-electron chi connectivity index (χ1n) is 8.85. The number of aliphatic hydroxyl groups is 1. The average Bonchev–Trinajstić information content (AvgIpc) is 2.78. The lowest BCUT2D eigenvalue weighted by Crippen LogP contribution is -2.38. The summed E-state index contributed by atoms with van der Waals surface area (Å²) in [5.41, 5.74) is 7.32. The summed E-state index contributed by atoms with van der Waals surface area (Å²) in [6.07, 6.45) is 5.65. The summed E-state index contributed by atoms with van der Waals surface area (Å²) < 4.78 is 11.6. The molecule has 3 atom stereocenters. The minimum atomic E-state index is -1.96. The molecule has 0 saturated heterocycles. The molecule has 0 bridgehead atoms. The second-order valence-electron chi connectivity index (χ2n) is 7.87. The molecule has 0 radical (unpaired) electrons. The van der Waals surface area contributed by atoms with Crippen LogP contribution in [0.3, 0.4) is 0 Å². The summed E-state index contributed by atoms with van der Waals surface area (Å²) in [5.74, 6) is -2.83. The molecule has 0 spiro atoms. The molecule has 0 aliphatic heterocycles. The van der Waals surface area contributed by atoms with Crippen molar-refractivity contribution in [3.8, 4) is 0 Å². The van der Waals surface area contributed by atoms with Crippen LogP contribution in [0.15, 0.2) is 23.3 Å². The lowest BCUT2D eigenvalue weighted by atomic mass is 9.76. The minimum Gasteiger partial charge on any atom is -0.481 e. The molecule has 3 unspecified atom stereocenters. The molecule has 26 heavy (non-hydrogen) atoms. The van der Waals surface area contributed by atoms with Gasteiger partial charge in [-0.3, -0.25) is 14.2 Å². The number of aliphatic carboxylic acids is 1.